The predicted molar refractivity (Wildman–Crippen MR) is 100.0 cm³/mol. The Bertz CT molecular complexity index is 866. The number of benzene rings is 2. The highest BCUT2D eigenvalue weighted by molar-refractivity contribution is 6.02. The standard InChI is InChI=1S/C20H22FN3O2/c1-12-4-5-15(10-13(12)2)22-20(26)23-18-8-9-24(19(18)25)16-6-7-17(21)14(3)11-16/h4-7,10-11,18H,8-9H2,1-3H3,(H2,22,23,26)/t18-/m0/s1. The molecule has 0 unspecified atom stereocenters. The number of rotatable bonds is 3. The molecule has 3 rings (SSSR count). The van der Waals surface area contributed by atoms with Crippen molar-refractivity contribution in [2.45, 2.75) is 33.2 Å². The molecule has 136 valence electrons. The Hall–Kier alpha value is -2.89. The number of urea groups is 1. The summed E-state index contributed by atoms with van der Waals surface area (Å²) in [5.74, 6) is -0.492. The van der Waals surface area contributed by atoms with Crippen LogP contribution in [0.15, 0.2) is 36.4 Å². The van der Waals surface area contributed by atoms with Gasteiger partial charge < -0.3 is 15.5 Å². The third-order valence-electron chi connectivity index (χ3n) is 4.73. The SMILES string of the molecule is Cc1ccc(NC(=O)N[C@H]2CCN(c3ccc(F)c(C)c3)C2=O)cc1C. The van der Waals surface area contributed by atoms with Crippen molar-refractivity contribution >= 4 is 23.3 Å². The number of aryl methyl sites for hydroxylation is 3. The van der Waals surface area contributed by atoms with Gasteiger partial charge in [0, 0.05) is 17.9 Å². The lowest BCUT2D eigenvalue weighted by Crippen LogP contribution is -2.43. The summed E-state index contributed by atoms with van der Waals surface area (Å²) in [6.45, 7) is 6.12. The molecule has 0 saturated carbocycles. The lowest BCUT2D eigenvalue weighted by Gasteiger charge is -2.18. The minimum absolute atomic E-state index is 0.189. The number of nitrogens with one attached hydrogen (secondary N) is 2. The zero-order chi connectivity index (χ0) is 18.8. The van der Waals surface area contributed by atoms with Gasteiger partial charge in [0.25, 0.3) is 0 Å². The van der Waals surface area contributed by atoms with E-state index in [9.17, 15) is 14.0 Å². The minimum Gasteiger partial charge on any atom is -0.326 e. The quantitative estimate of drug-likeness (QED) is 0.882. The molecule has 1 fully saturated rings. The zero-order valence-corrected chi connectivity index (χ0v) is 15.1. The Labute approximate surface area is 152 Å². The minimum atomic E-state index is -0.591. The average molecular weight is 355 g/mol. The van der Waals surface area contributed by atoms with Crippen molar-refractivity contribution in [2.75, 3.05) is 16.8 Å². The van der Waals surface area contributed by atoms with Crippen LogP contribution < -0.4 is 15.5 Å². The Kier molecular flexibility index (Phi) is 4.93. The first-order valence-corrected chi connectivity index (χ1v) is 8.57. The summed E-state index contributed by atoms with van der Waals surface area (Å²) in [6, 6.07) is 9.22. The van der Waals surface area contributed by atoms with Crippen LogP contribution in [0.3, 0.4) is 0 Å². The van der Waals surface area contributed by atoms with Crippen LogP contribution in [0.5, 0.6) is 0 Å². The molecule has 6 heteroatoms. The number of anilines is 2. The van der Waals surface area contributed by atoms with Crippen LogP contribution in [0.1, 0.15) is 23.1 Å². The molecule has 1 heterocycles. The van der Waals surface area contributed by atoms with Crippen LogP contribution >= 0.6 is 0 Å². The van der Waals surface area contributed by atoms with Crippen molar-refractivity contribution in [3.63, 3.8) is 0 Å². The molecule has 3 amide bonds. The van der Waals surface area contributed by atoms with Gasteiger partial charge in [0.05, 0.1) is 0 Å². The van der Waals surface area contributed by atoms with Crippen LogP contribution in [0, 0.1) is 26.6 Å². The van der Waals surface area contributed by atoms with Crippen LogP contribution in [-0.4, -0.2) is 24.5 Å². The molecule has 0 bridgehead atoms. The number of carbonyl (C=O) groups is 2. The summed E-state index contributed by atoms with van der Waals surface area (Å²) in [4.78, 5) is 26.4. The van der Waals surface area contributed by atoms with Crippen molar-refractivity contribution in [3.05, 3.63) is 58.9 Å². The van der Waals surface area contributed by atoms with Gasteiger partial charge in [-0.25, -0.2) is 9.18 Å². The maximum atomic E-state index is 13.4. The molecule has 0 radical (unpaired) electrons. The zero-order valence-electron chi connectivity index (χ0n) is 15.1. The second-order valence-electron chi connectivity index (χ2n) is 6.66. The highest BCUT2D eigenvalue weighted by Crippen LogP contribution is 2.24. The lowest BCUT2D eigenvalue weighted by molar-refractivity contribution is -0.118. The number of halogens is 1. The van der Waals surface area contributed by atoms with Gasteiger partial charge >= 0.3 is 6.03 Å². The number of amides is 3. The molecule has 5 nitrogen and oxygen atoms in total. The van der Waals surface area contributed by atoms with Gasteiger partial charge in [0.15, 0.2) is 0 Å². The largest absolute Gasteiger partial charge is 0.326 e. The van der Waals surface area contributed by atoms with Crippen LogP contribution in [0.2, 0.25) is 0 Å². The second kappa shape index (κ2) is 7.15. The van der Waals surface area contributed by atoms with Crippen LogP contribution in [-0.2, 0) is 4.79 Å². The summed E-state index contributed by atoms with van der Waals surface area (Å²) in [6.07, 6.45) is 0.510. The number of hydrogen-bond donors (Lipinski definition) is 2. The van der Waals surface area contributed by atoms with Gasteiger partial charge in [-0.15, -0.1) is 0 Å². The van der Waals surface area contributed by atoms with Gasteiger partial charge in [0.2, 0.25) is 5.91 Å². The molecular weight excluding hydrogens is 333 g/mol. The topological polar surface area (TPSA) is 61.4 Å². The molecule has 1 aliphatic rings. The van der Waals surface area contributed by atoms with E-state index in [0.717, 1.165) is 11.1 Å². The highest BCUT2D eigenvalue weighted by Gasteiger charge is 2.33. The van der Waals surface area contributed by atoms with E-state index in [2.05, 4.69) is 10.6 Å². The van der Waals surface area contributed by atoms with E-state index in [1.807, 2.05) is 32.0 Å². The van der Waals surface area contributed by atoms with Crippen molar-refractivity contribution in [1.29, 1.82) is 0 Å². The average Bonchev–Trinajstić information content (AvgIpc) is 2.94. The van der Waals surface area contributed by atoms with Crippen LogP contribution in [0.4, 0.5) is 20.6 Å². The molecule has 1 aliphatic heterocycles. The maximum Gasteiger partial charge on any atom is 0.319 e. The van der Waals surface area contributed by atoms with E-state index in [-0.39, 0.29) is 11.7 Å². The molecule has 0 aliphatic carbocycles. The number of nitrogens with zero attached hydrogens (tertiary/aromatic N) is 1. The predicted octanol–water partition coefficient (Wildman–Crippen LogP) is 3.68. The van der Waals surface area contributed by atoms with Crippen LogP contribution in [0.25, 0.3) is 0 Å². The van der Waals surface area contributed by atoms with Gasteiger partial charge in [-0.1, -0.05) is 6.07 Å². The molecule has 2 aromatic carbocycles. The van der Waals surface area contributed by atoms with Gasteiger partial charge in [-0.05, 0) is 74.2 Å². The van der Waals surface area contributed by atoms with Crippen molar-refractivity contribution in [2.24, 2.45) is 0 Å². The molecule has 2 aromatic rings. The third-order valence-corrected chi connectivity index (χ3v) is 4.73. The molecular formula is C20H22FN3O2. The summed E-state index contributed by atoms with van der Waals surface area (Å²) < 4.78 is 13.4. The normalized spacial score (nSPS) is 16.7. The first-order chi connectivity index (χ1) is 12.3. The van der Waals surface area contributed by atoms with E-state index in [4.69, 9.17) is 0 Å². The fourth-order valence-electron chi connectivity index (χ4n) is 3.01. The number of hydrogen-bond acceptors (Lipinski definition) is 2. The Morgan fingerprint density at radius 1 is 1.08 bits per heavy atom. The van der Waals surface area contributed by atoms with Gasteiger partial charge in [0.1, 0.15) is 11.9 Å². The summed E-state index contributed by atoms with van der Waals surface area (Å²) in [7, 11) is 0. The van der Waals surface area contributed by atoms with E-state index < -0.39 is 12.1 Å². The molecule has 26 heavy (non-hydrogen) atoms. The first kappa shape index (κ1) is 17.9. The Morgan fingerprint density at radius 2 is 1.85 bits per heavy atom. The fraction of sp³-hybridized carbons (Fsp3) is 0.300. The molecule has 1 saturated heterocycles. The Balaban J connectivity index is 1.63. The second-order valence-corrected chi connectivity index (χ2v) is 6.66. The van der Waals surface area contributed by atoms with E-state index in [1.54, 1.807) is 24.0 Å². The first-order valence-electron chi connectivity index (χ1n) is 8.57. The smallest absolute Gasteiger partial charge is 0.319 e. The summed E-state index contributed by atoms with van der Waals surface area (Å²) in [5.41, 5.74) is 4.04. The summed E-state index contributed by atoms with van der Waals surface area (Å²) in [5, 5.41) is 5.48. The lowest BCUT2D eigenvalue weighted by atomic mass is 10.1. The molecule has 0 aromatic heterocycles. The van der Waals surface area contributed by atoms with Crippen molar-refractivity contribution in [3.8, 4) is 0 Å². The van der Waals surface area contributed by atoms with Crippen molar-refractivity contribution < 1.29 is 14.0 Å². The number of carbonyl (C=O) groups excluding carboxylic acids is 2. The molecule has 2 N–H and O–H groups in total. The Morgan fingerprint density at radius 3 is 2.54 bits per heavy atom. The van der Waals surface area contributed by atoms with E-state index in [1.165, 1.54) is 6.07 Å². The molecule has 1 atom stereocenters. The van der Waals surface area contributed by atoms with Gasteiger partial charge in [-0.3, -0.25) is 4.79 Å². The molecule has 0 spiro atoms. The van der Waals surface area contributed by atoms with E-state index in [0.29, 0.717) is 29.9 Å². The highest BCUT2D eigenvalue weighted by atomic mass is 19.1. The van der Waals surface area contributed by atoms with Crippen molar-refractivity contribution in [1.82, 2.24) is 5.32 Å². The summed E-state index contributed by atoms with van der Waals surface area (Å²) >= 11 is 0. The van der Waals surface area contributed by atoms with E-state index >= 15 is 0 Å². The fourth-order valence-corrected chi connectivity index (χ4v) is 3.01. The van der Waals surface area contributed by atoms with Gasteiger partial charge in [-0.2, -0.15) is 0 Å². The monoisotopic (exact) mass is 355 g/mol. The maximum absolute atomic E-state index is 13.4. The third kappa shape index (κ3) is 3.69.